The lowest BCUT2D eigenvalue weighted by molar-refractivity contribution is -0.139. The zero-order valence-corrected chi connectivity index (χ0v) is 16.6. The molecule has 2 aromatic carbocycles. The third-order valence-electron chi connectivity index (χ3n) is 5.32. The van der Waals surface area contributed by atoms with Crippen molar-refractivity contribution in [2.24, 2.45) is 5.92 Å². The van der Waals surface area contributed by atoms with Gasteiger partial charge in [-0.05, 0) is 47.7 Å². The molecule has 1 heterocycles. The van der Waals surface area contributed by atoms with Gasteiger partial charge in [0.15, 0.2) is 0 Å². The van der Waals surface area contributed by atoms with Gasteiger partial charge in [0.1, 0.15) is 5.75 Å². The van der Waals surface area contributed by atoms with Crippen molar-refractivity contribution in [1.82, 2.24) is 0 Å². The van der Waals surface area contributed by atoms with Crippen LogP contribution in [0.5, 0.6) is 5.75 Å². The normalized spacial score (nSPS) is 17.3. The maximum atomic E-state index is 12.5. The molecule has 0 aliphatic carbocycles. The van der Waals surface area contributed by atoms with Gasteiger partial charge in [-0.2, -0.15) is 0 Å². The second-order valence-corrected chi connectivity index (χ2v) is 8.00. The van der Waals surface area contributed by atoms with Gasteiger partial charge in [-0.15, -0.1) is 0 Å². The molecule has 0 saturated carbocycles. The quantitative estimate of drug-likeness (QED) is 0.538. The van der Waals surface area contributed by atoms with Gasteiger partial charge in [-0.3, -0.25) is 9.59 Å². The van der Waals surface area contributed by atoms with Crippen LogP contribution in [0.1, 0.15) is 39.2 Å². The average molecular weight is 386 g/mol. The first-order valence-corrected chi connectivity index (χ1v) is 9.56. The van der Waals surface area contributed by atoms with Gasteiger partial charge in [0, 0.05) is 23.7 Å². The van der Waals surface area contributed by atoms with Crippen LogP contribution < -0.4 is 9.64 Å². The smallest absolute Gasteiger partial charge is 0.316 e. The van der Waals surface area contributed by atoms with Gasteiger partial charge >= 0.3 is 5.97 Å². The van der Waals surface area contributed by atoms with Crippen LogP contribution in [0.15, 0.2) is 48.5 Å². The number of anilines is 1. The summed E-state index contributed by atoms with van der Waals surface area (Å²) in [6, 6.07) is 14.7. The Bertz CT molecular complexity index is 845. The van der Waals surface area contributed by atoms with E-state index in [1.807, 2.05) is 30.3 Å². The second kappa shape index (κ2) is 7.73. The van der Waals surface area contributed by atoms with E-state index in [4.69, 9.17) is 16.3 Å². The molecular formula is C22H24ClNO3. The molecule has 5 heteroatoms. The molecule has 0 radical (unpaired) electrons. The lowest BCUT2D eigenvalue weighted by Gasteiger charge is -2.23. The van der Waals surface area contributed by atoms with Crippen molar-refractivity contribution in [2.75, 3.05) is 11.4 Å². The van der Waals surface area contributed by atoms with Gasteiger partial charge in [-0.1, -0.05) is 50.6 Å². The molecule has 3 rings (SSSR count). The molecular weight excluding hydrogens is 362 g/mol. The first-order valence-electron chi connectivity index (χ1n) is 9.18. The topological polar surface area (TPSA) is 46.6 Å². The molecule has 1 fully saturated rings. The SMILES string of the molecule is CCC(C)(C)c1ccc(OC(=O)[C@@H]2CC(=O)N(c3cccc(Cl)c3)C2)cc1. The van der Waals surface area contributed by atoms with Gasteiger partial charge in [0.25, 0.3) is 0 Å². The Morgan fingerprint density at radius 1 is 1.22 bits per heavy atom. The first kappa shape index (κ1) is 19.4. The molecule has 0 unspecified atom stereocenters. The average Bonchev–Trinajstić information content (AvgIpc) is 3.04. The van der Waals surface area contributed by atoms with Crippen molar-refractivity contribution in [2.45, 2.75) is 39.0 Å². The van der Waals surface area contributed by atoms with E-state index < -0.39 is 5.92 Å². The molecule has 2 aromatic rings. The zero-order chi connectivity index (χ0) is 19.6. The predicted octanol–water partition coefficient (Wildman–Crippen LogP) is 4.99. The number of ether oxygens (including phenoxy) is 1. The highest BCUT2D eigenvalue weighted by Crippen LogP contribution is 2.30. The van der Waals surface area contributed by atoms with Gasteiger partial charge in [-0.25, -0.2) is 0 Å². The van der Waals surface area contributed by atoms with E-state index >= 15 is 0 Å². The Hall–Kier alpha value is -2.33. The van der Waals surface area contributed by atoms with Crippen molar-refractivity contribution in [3.63, 3.8) is 0 Å². The van der Waals surface area contributed by atoms with Crippen LogP contribution in [0.3, 0.4) is 0 Å². The molecule has 1 atom stereocenters. The second-order valence-electron chi connectivity index (χ2n) is 7.57. The summed E-state index contributed by atoms with van der Waals surface area (Å²) in [4.78, 5) is 26.4. The molecule has 1 aliphatic rings. The largest absolute Gasteiger partial charge is 0.426 e. The summed E-state index contributed by atoms with van der Waals surface area (Å²) in [6.07, 6.45) is 1.17. The van der Waals surface area contributed by atoms with Crippen LogP contribution in [0.25, 0.3) is 0 Å². The highest BCUT2D eigenvalue weighted by molar-refractivity contribution is 6.30. The minimum atomic E-state index is -0.483. The monoisotopic (exact) mass is 385 g/mol. The number of benzene rings is 2. The lowest BCUT2D eigenvalue weighted by Crippen LogP contribution is -2.27. The molecule has 27 heavy (non-hydrogen) atoms. The fourth-order valence-corrected chi connectivity index (χ4v) is 3.32. The van der Waals surface area contributed by atoms with Crippen LogP contribution >= 0.6 is 11.6 Å². The number of amides is 1. The molecule has 0 bridgehead atoms. The molecule has 142 valence electrons. The minimum Gasteiger partial charge on any atom is -0.426 e. The lowest BCUT2D eigenvalue weighted by atomic mass is 9.82. The van der Waals surface area contributed by atoms with Crippen LogP contribution in [0.2, 0.25) is 5.02 Å². The summed E-state index contributed by atoms with van der Waals surface area (Å²) in [6.45, 7) is 6.82. The van der Waals surface area contributed by atoms with Gasteiger partial charge in [0.05, 0.1) is 5.92 Å². The van der Waals surface area contributed by atoms with Crippen molar-refractivity contribution in [1.29, 1.82) is 0 Å². The number of carbonyl (C=O) groups excluding carboxylic acids is 2. The summed E-state index contributed by atoms with van der Waals surface area (Å²) in [7, 11) is 0. The van der Waals surface area contributed by atoms with Crippen molar-refractivity contribution in [3.8, 4) is 5.75 Å². The Morgan fingerprint density at radius 2 is 1.93 bits per heavy atom. The number of halogens is 1. The Labute approximate surface area is 165 Å². The summed E-state index contributed by atoms with van der Waals surface area (Å²) in [5, 5.41) is 0.557. The molecule has 1 amide bonds. The van der Waals surface area contributed by atoms with E-state index in [9.17, 15) is 9.59 Å². The molecule has 4 nitrogen and oxygen atoms in total. The fraction of sp³-hybridized carbons (Fsp3) is 0.364. The summed E-state index contributed by atoms with van der Waals surface area (Å²) in [5.74, 6) is -0.456. The Balaban J connectivity index is 1.66. The van der Waals surface area contributed by atoms with Crippen molar-refractivity contribution >= 4 is 29.2 Å². The first-order chi connectivity index (χ1) is 12.8. The van der Waals surface area contributed by atoms with Crippen LogP contribution in [-0.4, -0.2) is 18.4 Å². The fourth-order valence-electron chi connectivity index (χ4n) is 3.14. The summed E-state index contributed by atoms with van der Waals surface area (Å²) < 4.78 is 5.51. The Morgan fingerprint density at radius 3 is 2.56 bits per heavy atom. The Kier molecular flexibility index (Phi) is 5.56. The number of carbonyl (C=O) groups is 2. The van der Waals surface area contributed by atoms with Crippen molar-refractivity contribution < 1.29 is 14.3 Å². The standard InChI is InChI=1S/C22H24ClNO3/c1-4-22(2,3)16-8-10-19(11-9-16)27-21(26)15-12-20(25)24(14-15)18-7-5-6-17(23)13-18/h5-11,13,15H,4,12,14H2,1-3H3/t15-/m1/s1. The van der Waals surface area contributed by atoms with E-state index in [1.54, 1.807) is 23.1 Å². The number of esters is 1. The number of hydrogen-bond donors (Lipinski definition) is 0. The predicted molar refractivity (Wildman–Crippen MR) is 107 cm³/mol. The summed E-state index contributed by atoms with van der Waals surface area (Å²) in [5.41, 5.74) is 1.99. The molecule has 1 aliphatic heterocycles. The summed E-state index contributed by atoms with van der Waals surface area (Å²) >= 11 is 6.00. The van der Waals surface area contributed by atoms with E-state index in [-0.39, 0.29) is 23.7 Å². The highest BCUT2D eigenvalue weighted by atomic mass is 35.5. The third-order valence-corrected chi connectivity index (χ3v) is 5.55. The third kappa shape index (κ3) is 4.33. The van der Waals surface area contributed by atoms with Crippen LogP contribution in [0, 0.1) is 5.92 Å². The number of rotatable bonds is 5. The van der Waals surface area contributed by atoms with E-state index in [0.29, 0.717) is 23.0 Å². The molecule has 0 N–H and O–H groups in total. The van der Waals surface area contributed by atoms with E-state index in [1.165, 1.54) is 5.56 Å². The van der Waals surface area contributed by atoms with Crippen LogP contribution in [0.4, 0.5) is 5.69 Å². The van der Waals surface area contributed by atoms with Gasteiger partial charge in [0.2, 0.25) is 5.91 Å². The number of hydrogen-bond acceptors (Lipinski definition) is 3. The molecule has 0 aromatic heterocycles. The van der Waals surface area contributed by atoms with E-state index in [2.05, 4.69) is 20.8 Å². The van der Waals surface area contributed by atoms with Gasteiger partial charge < -0.3 is 9.64 Å². The number of nitrogens with zero attached hydrogens (tertiary/aromatic N) is 1. The maximum Gasteiger partial charge on any atom is 0.316 e. The maximum absolute atomic E-state index is 12.5. The van der Waals surface area contributed by atoms with Crippen molar-refractivity contribution in [3.05, 3.63) is 59.1 Å². The highest BCUT2D eigenvalue weighted by Gasteiger charge is 2.36. The van der Waals surface area contributed by atoms with Crippen LogP contribution in [-0.2, 0) is 15.0 Å². The zero-order valence-electron chi connectivity index (χ0n) is 15.9. The molecule has 1 saturated heterocycles. The molecule has 0 spiro atoms. The minimum absolute atomic E-state index is 0.0812. The van der Waals surface area contributed by atoms with E-state index in [0.717, 1.165) is 6.42 Å².